The molecular weight excluding hydrogens is 236 g/mol. The molecule has 0 bridgehead atoms. The minimum Gasteiger partial charge on any atom is -0.480 e. The van der Waals surface area contributed by atoms with Gasteiger partial charge in [-0.3, -0.25) is 10.00 Å². The standard InChI is InChI=1S/C11H18N4O3/c1-4-5-8(10(16)17)12-11(18)13-9-6-7(2)15(3)14-9/h6,8H,4-5H2,1-3H3,(H,16,17)(H2,12,13,14,18). The van der Waals surface area contributed by atoms with Gasteiger partial charge in [0.1, 0.15) is 6.04 Å². The van der Waals surface area contributed by atoms with Crippen molar-refractivity contribution in [3.63, 3.8) is 0 Å². The van der Waals surface area contributed by atoms with E-state index in [2.05, 4.69) is 15.7 Å². The molecule has 18 heavy (non-hydrogen) atoms. The molecule has 1 atom stereocenters. The van der Waals surface area contributed by atoms with Crippen LogP contribution in [0.1, 0.15) is 25.5 Å². The van der Waals surface area contributed by atoms with Crippen molar-refractivity contribution in [1.29, 1.82) is 0 Å². The van der Waals surface area contributed by atoms with Gasteiger partial charge in [0.05, 0.1) is 0 Å². The number of amides is 2. The van der Waals surface area contributed by atoms with Gasteiger partial charge in [-0.05, 0) is 13.3 Å². The fraction of sp³-hybridized carbons (Fsp3) is 0.545. The van der Waals surface area contributed by atoms with E-state index in [1.165, 1.54) is 0 Å². The van der Waals surface area contributed by atoms with Crippen LogP contribution in [0.25, 0.3) is 0 Å². The number of carboxylic acids is 1. The normalized spacial score (nSPS) is 11.9. The van der Waals surface area contributed by atoms with E-state index in [9.17, 15) is 9.59 Å². The van der Waals surface area contributed by atoms with Crippen molar-refractivity contribution >= 4 is 17.8 Å². The predicted octanol–water partition coefficient (Wildman–Crippen LogP) is 1.10. The second-order valence-electron chi connectivity index (χ2n) is 4.07. The number of carboxylic acid groups (broad SMARTS) is 1. The number of hydrogen-bond acceptors (Lipinski definition) is 3. The molecule has 0 radical (unpaired) electrons. The van der Waals surface area contributed by atoms with Gasteiger partial charge in [0.15, 0.2) is 5.82 Å². The average Bonchev–Trinajstić information content (AvgIpc) is 2.57. The van der Waals surface area contributed by atoms with Crippen LogP contribution in [-0.4, -0.2) is 32.9 Å². The lowest BCUT2D eigenvalue weighted by Crippen LogP contribution is -2.42. The van der Waals surface area contributed by atoms with Gasteiger partial charge in [0, 0.05) is 18.8 Å². The molecule has 1 rings (SSSR count). The maximum absolute atomic E-state index is 11.6. The Kier molecular flexibility index (Phi) is 4.70. The summed E-state index contributed by atoms with van der Waals surface area (Å²) in [5.74, 6) is -0.641. The summed E-state index contributed by atoms with van der Waals surface area (Å²) in [6.07, 6.45) is 1.07. The van der Waals surface area contributed by atoms with Crippen LogP contribution in [0.3, 0.4) is 0 Å². The highest BCUT2D eigenvalue weighted by Gasteiger charge is 2.19. The van der Waals surface area contributed by atoms with E-state index in [4.69, 9.17) is 5.11 Å². The van der Waals surface area contributed by atoms with Gasteiger partial charge in [-0.25, -0.2) is 9.59 Å². The highest BCUT2D eigenvalue weighted by molar-refractivity contribution is 5.91. The zero-order valence-corrected chi connectivity index (χ0v) is 10.7. The lowest BCUT2D eigenvalue weighted by Gasteiger charge is -2.13. The van der Waals surface area contributed by atoms with Crippen molar-refractivity contribution in [2.75, 3.05) is 5.32 Å². The SMILES string of the molecule is CCCC(NC(=O)Nc1cc(C)n(C)n1)C(=O)O. The molecule has 0 saturated heterocycles. The van der Waals surface area contributed by atoms with Crippen LogP contribution in [0.2, 0.25) is 0 Å². The smallest absolute Gasteiger partial charge is 0.326 e. The van der Waals surface area contributed by atoms with E-state index in [1.54, 1.807) is 17.8 Å². The van der Waals surface area contributed by atoms with Crippen LogP contribution in [0, 0.1) is 6.92 Å². The van der Waals surface area contributed by atoms with E-state index in [0.717, 1.165) is 5.69 Å². The van der Waals surface area contributed by atoms with Crippen LogP contribution in [0.4, 0.5) is 10.6 Å². The fourth-order valence-corrected chi connectivity index (χ4v) is 1.48. The Labute approximate surface area is 105 Å². The molecule has 0 aliphatic heterocycles. The number of anilines is 1. The van der Waals surface area contributed by atoms with Crippen molar-refractivity contribution < 1.29 is 14.7 Å². The summed E-state index contributed by atoms with van der Waals surface area (Å²) in [7, 11) is 1.76. The van der Waals surface area contributed by atoms with Gasteiger partial charge in [-0.1, -0.05) is 13.3 Å². The van der Waals surface area contributed by atoms with Crippen molar-refractivity contribution in [3.05, 3.63) is 11.8 Å². The first kappa shape index (κ1) is 14.0. The number of nitrogens with zero attached hydrogens (tertiary/aromatic N) is 2. The summed E-state index contributed by atoms with van der Waals surface area (Å²) in [6, 6.07) is 0.267. The number of aromatic nitrogens is 2. The topological polar surface area (TPSA) is 96.3 Å². The van der Waals surface area contributed by atoms with E-state index < -0.39 is 18.0 Å². The quantitative estimate of drug-likeness (QED) is 0.733. The molecule has 2 amide bonds. The monoisotopic (exact) mass is 254 g/mol. The van der Waals surface area contributed by atoms with E-state index in [1.807, 2.05) is 13.8 Å². The van der Waals surface area contributed by atoms with Crippen LogP contribution >= 0.6 is 0 Å². The van der Waals surface area contributed by atoms with E-state index >= 15 is 0 Å². The van der Waals surface area contributed by atoms with Crippen molar-refractivity contribution in [2.24, 2.45) is 7.05 Å². The van der Waals surface area contributed by atoms with Crippen molar-refractivity contribution in [2.45, 2.75) is 32.7 Å². The van der Waals surface area contributed by atoms with Gasteiger partial charge in [-0.2, -0.15) is 5.10 Å². The fourth-order valence-electron chi connectivity index (χ4n) is 1.48. The molecule has 7 nitrogen and oxygen atoms in total. The molecule has 0 spiro atoms. The first-order chi connectivity index (χ1) is 8.43. The van der Waals surface area contributed by atoms with Crippen molar-refractivity contribution in [3.8, 4) is 0 Å². The summed E-state index contributed by atoms with van der Waals surface area (Å²) in [5, 5.41) is 17.8. The molecule has 1 aromatic rings. The molecule has 100 valence electrons. The minimum atomic E-state index is -1.04. The zero-order valence-electron chi connectivity index (χ0n) is 10.7. The molecule has 0 fully saturated rings. The Morgan fingerprint density at radius 2 is 2.22 bits per heavy atom. The largest absolute Gasteiger partial charge is 0.480 e. The van der Waals surface area contributed by atoms with E-state index in [0.29, 0.717) is 18.7 Å². The van der Waals surface area contributed by atoms with Crippen LogP contribution in [0.15, 0.2) is 6.07 Å². The van der Waals surface area contributed by atoms with Crippen LogP contribution in [0.5, 0.6) is 0 Å². The number of urea groups is 1. The third-order valence-corrected chi connectivity index (χ3v) is 2.54. The Morgan fingerprint density at radius 1 is 1.56 bits per heavy atom. The summed E-state index contributed by atoms with van der Waals surface area (Å²) in [6.45, 7) is 3.71. The molecule has 0 saturated carbocycles. The summed E-state index contributed by atoms with van der Waals surface area (Å²) in [5.41, 5.74) is 0.897. The Bertz CT molecular complexity index is 422. The lowest BCUT2D eigenvalue weighted by atomic mass is 10.2. The van der Waals surface area contributed by atoms with Crippen LogP contribution in [-0.2, 0) is 11.8 Å². The third-order valence-electron chi connectivity index (χ3n) is 2.54. The second kappa shape index (κ2) is 6.04. The molecule has 7 heteroatoms. The van der Waals surface area contributed by atoms with Gasteiger partial charge < -0.3 is 10.4 Å². The first-order valence-electron chi connectivity index (χ1n) is 5.75. The van der Waals surface area contributed by atoms with Crippen molar-refractivity contribution in [1.82, 2.24) is 15.1 Å². The molecule has 0 aliphatic carbocycles. The Balaban J connectivity index is 2.57. The average molecular weight is 254 g/mol. The minimum absolute atomic E-state index is 0.393. The highest BCUT2D eigenvalue weighted by atomic mass is 16.4. The third kappa shape index (κ3) is 3.76. The zero-order chi connectivity index (χ0) is 13.7. The summed E-state index contributed by atoms with van der Waals surface area (Å²) >= 11 is 0. The second-order valence-corrected chi connectivity index (χ2v) is 4.07. The number of nitrogens with one attached hydrogen (secondary N) is 2. The first-order valence-corrected chi connectivity index (χ1v) is 5.75. The lowest BCUT2D eigenvalue weighted by molar-refractivity contribution is -0.139. The summed E-state index contributed by atoms with van der Waals surface area (Å²) in [4.78, 5) is 22.5. The van der Waals surface area contributed by atoms with Gasteiger partial charge >= 0.3 is 12.0 Å². The molecule has 0 aliphatic rings. The van der Waals surface area contributed by atoms with Gasteiger partial charge in [-0.15, -0.1) is 0 Å². The Hall–Kier alpha value is -2.05. The van der Waals surface area contributed by atoms with E-state index in [-0.39, 0.29) is 0 Å². The predicted molar refractivity (Wildman–Crippen MR) is 66.4 cm³/mol. The van der Waals surface area contributed by atoms with Gasteiger partial charge in [0.2, 0.25) is 0 Å². The molecule has 3 N–H and O–H groups in total. The number of aryl methyl sites for hydroxylation is 2. The number of carbonyl (C=O) groups is 2. The molecule has 1 aromatic heterocycles. The molecular formula is C11H18N4O3. The summed E-state index contributed by atoms with van der Waals surface area (Å²) < 4.78 is 1.62. The Morgan fingerprint density at radius 3 is 2.67 bits per heavy atom. The van der Waals surface area contributed by atoms with Crippen LogP contribution < -0.4 is 10.6 Å². The molecule has 0 aromatic carbocycles. The maximum atomic E-state index is 11.6. The molecule has 1 unspecified atom stereocenters. The maximum Gasteiger partial charge on any atom is 0.326 e. The molecule has 1 heterocycles. The number of carbonyl (C=O) groups excluding carboxylic acids is 1. The number of hydrogen-bond donors (Lipinski definition) is 3. The highest BCUT2D eigenvalue weighted by Crippen LogP contribution is 2.06. The van der Waals surface area contributed by atoms with Gasteiger partial charge in [0.25, 0.3) is 0 Å². The number of rotatable bonds is 5. The number of aliphatic carboxylic acids is 1.